The Balaban J connectivity index is 1.66. The minimum absolute atomic E-state index is 0.00726. The molecule has 0 amide bonds. The fourth-order valence-electron chi connectivity index (χ4n) is 6.36. The summed E-state index contributed by atoms with van der Waals surface area (Å²) in [5.41, 5.74) is 4.34. The molecule has 0 saturated heterocycles. The van der Waals surface area contributed by atoms with Crippen LogP contribution in [0.5, 0.6) is 0 Å². The maximum atomic E-state index is 15.1. The number of rotatable bonds is 2. The maximum absolute atomic E-state index is 15.1. The van der Waals surface area contributed by atoms with E-state index in [1.54, 1.807) is 18.3 Å². The van der Waals surface area contributed by atoms with Gasteiger partial charge in [0.15, 0.2) is 11.6 Å². The first-order valence-corrected chi connectivity index (χ1v) is 12.3. The van der Waals surface area contributed by atoms with Crippen molar-refractivity contribution in [3.8, 4) is 22.6 Å². The standard InChI is InChI=1S/C30H26FN3O2/c1-17-23-12-11-22-26(21-8-3-5-9-24(21)31)33-29(20-13-14-32-25-10-6-4-7-19(20)25)34-28(22)30(23,2)15-18(16-35)27(17)36/h3-10,13-14,16-17,23,35H,11-12,15H2,1-2H3/b18-16-/t17?,23-,30+/m0/s1. The summed E-state index contributed by atoms with van der Waals surface area (Å²) >= 11 is 0. The van der Waals surface area contributed by atoms with E-state index in [4.69, 9.17) is 9.97 Å². The number of aliphatic hydroxyl groups is 1. The van der Waals surface area contributed by atoms with Crippen LogP contribution in [0.3, 0.4) is 0 Å². The monoisotopic (exact) mass is 479 g/mol. The molecule has 0 radical (unpaired) electrons. The normalized spacial score (nSPS) is 24.5. The number of para-hydroxylation sites is 1. The van der Waals surface area contributed by atoms with Gasteiger partial charge in [0.25, 0.3) is 0 Å². The first-order chi connectivity index (χ1) is 17.4. The van der Waals surface area contributed by atoms with Crippen molar-refractivity contribution in [1.82, 2.24) is 15.0 Å². The molecule has 2 aromatic heterocycles. The van der Waals surface area contributed by atoms with Crippen LogP contribution in [-0.4, -0.2) is 25.8 Å². The van der Waals surface area contributed by atoms with Gasteiger partial charge in [0.1, 0.15) is 5.82 Å². The molecule has 1 saturated carbocycles. The average molecular weight is 480 g/mol. The van der Waals surface area contributed by atoms with Crippen molar-refractivity contribution >= 4 is 16.7 Å². The van der Waals surface area contributed by atoms with E-state index in [1.165, 1.54) is 6.07 Å². The molecule has 2 heterocycles. The molecule has 2 aromatic carbocycles. The topological polar surface area (TPSA) is 76.0 Å². The lowest BCUT2D eigenvalue weighted by Gasteiger charge is -2.48. The zero-order valence-corrected chi connectivity index (χ0v) is 20.2. The molecule has 0 bridgehead atoms. The van der Waals surface area contributed by atoms with Gasteiger partial charge >= 0.3 is 0 Å². The summed E-state index contributed by atoms with van der Waals surface area (Å²) in [7, 11) is 0. The Labute approximate surface area is 208 Å². The van der Waals surface area contributed by atoms with E-state index >= 15 is 4.39 Å². The molecule has 6 heteroatoms. The third-order valence-electron chi connectivity index (χ3n) is 8.14. The second kappa shape index (κ2) is 8.33. The number of carbonyl (C=O) groups is 1. The number of carbonyl (C=O) groups excluding carboxylic acids is 1. The molecule has 3 atom stereocenters. The van der Waals surface area contributed by atoms with Gasteiger partial charge in [0.05, 0.1) is 23.2 Å². The van der Waals surface area contributed by atoms with Gasteiger partial charge in [-0.1, -0.05) is 44.2 Å². The van der Waals surface area contributed by atoms with E-state index in [0.29, 0.717) is 35.5 Å². The lowest BCUT2D eigenvalue weighted by atomic mass is 9.55. The molecular formula is C30H26FN3O2. The van der Waals surface area contributed by atoms with Gasteiger partial charge in [0, 0.05) is 45.2 Å². The number of ketones is 1. The lowest BCUT2D eigenvalue weighted by molar-refractivity contribution is -0.124. The number of pyridine rings is 1. The Hall–Kier alpha value is -3.93. The summed E-state index contributed by atoms with van der Waals surface area (Å²) in [4.78, 5) is 27.5. The molecule has 2 aliphatic carbocycles. The van der Waals surface area contributed by atoms with Gasteiger partial charge in [-0.25, -0.2) is 14.4 Å². The fourth-order valence-corrected chi connectivity index (χ4v) is 6.36. The van der Waals surface area contributed by atoms with Crippen LogP contribution < -0.4 is 0 Å². The number of aliphatic hydroxyl groups excluding tert-OH is 1. The van der Waals surface area contributed by atoms with Crippen LogP contribution >= 0.6 is 0 Å². The number of benzene rings is 2. The Morgan fingerprint density at radius 3 is 2.64 bits per heavy atom. The molecule has 36 heavy (non-hydrogen) atoms. The van der Waals surface area contributed by atoms with Crippen molar-refractivity contribution < 1.29 is 14.3 Å². The summed E-state index contributed by atoms with van der Waals surface area (Å²) < 4.78 is 15.1. The second-order valence-corrected chi connectivity index (χ2v) is 10.1. The van der Waals surface area contributed by atoms with Crippen molar-refractivity contribution in [3.05, 3.63) is 89.7 Å². The van der Waals surface area contributed by atoms with E-state index in [0.717, 1.165) is 40.4 Å². The summed E-state index contributed by atoms with van der Waals surface area (Å²) in [6.07, 6.45) is 4.50. The van der Waals surface area contributed by atoms with Crippen LogP contribution in [0.15, 0.2) is 72.6 Å². The molecule has 2 aliphatic rings. The highest BCUT2D eigenvalue weighted by Crippen LogP contribution is 2.53. The van der Waals surface area contributed by atoms with Crippen molar-refractivity contribution in [3.63, 3.8) is 0 Å². The molecule has 0 spiro atoms. The Morgan fingerprint density at radius 1 is 1.06 bits per heavy atom. The van der Waals surface area contributed by atoms with E-state index < -0.39 is 5.41 Å². The average Bonchev–Trinajstić information content (AvgIpc) is 2.90. The number of allylic oxidation sites excluding steroid dienone is 1. The van der Waals surface area contributed by atoms with E-state index in [-0.39, 0.29) is 23.4 Å². The third-order valence-corrected chi connectivity index (χ3v) is 8.14. The number of fused-ring (bicyclic) bond motifs is 4. The van der Waals surface area contributed by atoms with Gasteiger partial charge in [0.2, 0.25) is 0 Å². The van der Waals surface area contributed by atoms with Gasteiger partial charge < -0.3 is 5.11 Å². The van der Waals surface area contributed by atoms with Crippen molar-refractivity contribution in [2.75, 3.05) is 0 Å². The van der Waals surface area contributed by atoms with Gasteiger partial charge in [-0.15, -0.1) is 0 Å². The predicted molar refractivity (Wildman–Crippen MR) is 137 cm³/mol. The quantitative estimate of drug-likeness (QED) is 0.267. The minimum atomic E-state index is -0.504. The summed E-state index contributed by atoms with van der Waals surface area (Å²) in [5, 5.41) is 10.8. The molecule has 1 fully saturated rings. The van der Waals surface area contributed by atoms with Gasteiger partial charge in [-0.3, -0.25) is 9.78 Å². The highest BCUT2D eigenvalue weighted by atomic mass is 19.1. The van der Waals surface area contributed by atoms with E-state index in [1.807, 2.05) is 43.3 Å². The van der Waals surface area contributed by atoms with Crippen LogP contribution in [0.25, 0.3) is 33.5 Å². The molecule has 1 unspecified atom stereocenters. The zero-order chi connectivity index (χ0) is 25.0. The number of halogens is 1. The lowest BCUT2D eigenvalue weighted by Crippen LogP contribution is -2.48. The number of nitrogens with zero attached hydrogens (tertiary/aromatic N) is 3. The molecule has 5 nitrogen and oxygen atoms in total. The highest BCUT2D eigenvalue weighted by Gasteiger charge is 2.51. The first-order valence-electron chi connectivity index (χ1n) is 12.3. The number of aromatic nitrogens is 3. The molecule has 0 aliphatic heterocycles. The molecular weight excluding hydrogens is 453 g/mol. The number of hydrogen-bond donors (Lipinski definition) is 1. The fraction of sp³-hybridized carbons (Fsp3) is 0.267. The Morgan fingerprint density at radius 2 is 1.83 bits per heavy atom. The van der Waals surface area contributed by atoms with Crippen molar-refractivity contribution in [2.24, 2.45) is 11.8 Å². The summed E-state index contributed by atoms with van der Waals surface area (Å²) in [5.74, 6) is -0.0166. The van der Waals surface area contributed by atoms with E-state index in [2.05, 4.69) is 11.9 Å². The van der Waals surface area contributed by atoms with E-state index in [9.17, 15) is 9.90 Å². The van der Waals surface area contributed by atoms with Crippen LogP contribution in [0, 0.1) is 17.7 Å². The second-order valence-electron chi connectivity index (χ2n) is 10.1. The smallest absolute Gasteiger partial charge is 0.165 e. The van der Waals surface area contributed by atoms with Gasteiger partial charge in [-0.2, -0.15) is 0 Å². The van der Waals surface area contributed by atoms with Crippen LogP contribution in [0.1, 0.15) is 37.9 Å². The number of hydrogen-bond acceptors (Lipinski definition) is 5. The molecule has 1 N–H and O–H groups in total. The third kappa shape index (κ3) is 3.28. The van der Waals surface area contributed by atoms with Crippen LogP contribution in [-0.2, 0) is 16.6 Å². The maximum Gasteiger partial charge on any atom is 0.165 e. The van der Waals surface area contributed by atoms with Crippen LogP contribution in [0.2, 0.25) is 0 Å². The molecule has 180 valence electrons. The first kappa shape index (κ1) is 22.5. The van der Waals surface area contributed by atoms with Gasteiger partial charge in [-0.05, 0) is 49.4 Å². The zero-order valence-electron chi connectivity index (χ0n) is 20.2. The molecule has 4 aromatic rings. The van der Waals surface area contributed by atoms with Crippen LogP contribution in [0.4, 0.5) is 4.39 Å². The largest absolute Gasteiger partial charge is 0.515 e. The summed E-state index contributed by atoms with van der Waals surface area (Å²) in [6.45, 7) is 4.06. The van der Waals surface area contributed by atoms with Crippen molar-refractivity contribution in [1.29, 1.82) is 0 Å². The SMILES string of the molecule is CC1C(=O)/C(=C\O)C[C@@]2(C)c3nc(-c4ccnc5ccccc45)nc(-c4ccccc4F)c3CC[C@@H]12. The Bertz CT molecular complexity index is 1560. The predicted octanol–water partition coefficient (Wildman–Crippen LogP) is 6.37. The molecule has 6 rings (SSSR count). The number of Topliss-reactive ketones (excluding diaryl/α,β-unsaturated/α-hetero) is 1. The Kier molecular flexibility index (Phi) is 5.21. The summed E-state index contributed by atoms with van der Waals surface area (Å²) in [6, 6.07) is 16.4. The highest BCUT2D eigenvalue weighted by molar-refractivity contribution is 5.98. The van der Waals surface area contributed by atoms with Crippen molar-refractivity contribution in [2.45, 2.75) is 38.5 Å². The minimum Gasteiger partial charge on any atom is -0.515 e.